The molecule has 0 bridgehead atoms. The number of nitrogens with zero attached hydrogens (tertiary/aromatic N) is 2. The smallest absolute Gasteiger partial charge is 0.337 e. The first-order chi connectivity index (χ1) is 8.22. The number of aromatic carboxylic acids is 1. The van der Waals surface area contributed by atoms with Crippen LogP contribution < -0.4 is 4.90 Å². The standard InChI is InChI=1S/C13H18N2O2/c1-2-10-4-7-15(8-5-10)12-9-14-6-3-11(12)13(16)17/h3,6,9-10H,2,4-5,7-8H2,1H3,(H,16,17). The average molecular weight is 234 g/mol. The highest BCUT2D eigenvalue weighted by Gasteiger charge is 2.21. The minimum absolute atomic E-state index is 0.356. The Morgan fingerprint density at radius 1 is 1.53 bits per heavy atom. The van der Waals surface area contributed by atoms with E-state index in [-0.39, 0.29) is 0 Å². The molecule has 92 valence electrons. The predicted octanol–water partition coefficient (Wildman–Crippen LogP) is 2.41. The molecule has 1 saturated heterocycles. The Hall–Kier alpha value is -1.58. The van der Waals surface area contributed by atoms with Crippen molar-refractivity contribution in [2.75, 3.05) is 18.0 Å². The van der Waals surface area contributed by atoms with E-state index in [9.17, 15) is 4.79 Å². The van der Waals surface area contributed by atoms with E-state index in [0.717, 1.165) is 37.5 Å². The van der Waals surface area contributed by atoms with Crippen molar-refractivity contribution >= 4 is 11.7 Å². The van der Waals surface area contributed by atoms with E-state index in [0.29, 0.717) is 5.56 Å². The zero-order valence-electron chi connectivity index (χ0n) is 10.1. The number of aromatic nitrogens is 1. The van der Waals surface area contributed by atoms with Gasteiger partial charge in [0.05, 0.1) is 17.4 Å². The number of rotatable bonds is 3. The van der Waals surface area contributed by atoms with Crippen LogP contribution in [-0.2, 0) is 0 Å². The van der Waals surface area contributed by atoms with E-state index in [2.05, 4.69) is 16.8 Å². The Bertz CT molecular complexity index is 398. The number of carboxylic acid groups (broad SMARTS) is 1. The third-order valence-corrected chi connectivity index (χ3v) is 3.56. The Balaban J connectivity index is 2.15. The lowest BCUT2D eigenvalue weighted by molar-refractivity contribution is 0.0697. The minimum Gasteiger partial charge on any atom is -0.478 e. The highest BCUT2D eigenvalue weighted by atomic mass is 16.4. The molecule has 0 spiro atoms. The SMILES string of the molecule is CCC1CCN(c2cnccc2C(=O)O)CC1. The lowest BCUT2D eigenvalue weighted by Crippen LogP contribution is -2.34. The molecule has 4 heteroatoms. The molecule has 0 amide bonds. The lowest BCUT2D eigenvalue weighted by Gasteiger charge is -2.33. The number of hydrogen-bond donors (Lipinski definition) is 1. The maximum atomic E-state index is 11.1. The number of pyridine rings is 1. The number of hydrogen-bond acceptors (Lipinski definition) is 3. The molecule has 1 aromatic rings. The van der Waals surface area contributed by atoms with Gasteiger partial charge in [-0.3, -0.25) is 4.98 Å². The van der Waals surface area contributed by atoms with Gasteiger partial charge in [-0.05, 0) is 24.8 Å². The molecule has 2 rings (SSSR count). The fourth-order valence-corrected chi connectivity index (χ4v) is 2.40. The summed E-state index contributed by atoms with van der Waals surface area (Å²) in [4.78, 5) is 17.3. The van der Waals surface area contributed by atoms with Crippen LogP contribution in [0.2, 0.25) is 0 Å². The quantitative estimate of drug-likeness (QED) is 0.872. The van der Waals surface area contributed by atoms with Crippen molar-refractivity contribution in [3.63, 3.8) is 0 Å². The van der Waals surface area contributed by atoms with E-state index in [4.69, 9.17) is 5.11 Å². The summed E-state index contributed by atoms with van der Waals surface area (Å²) in [6.07, 6.45) is 6.70. The van der Waals surface area contributed by atoms with Crippen LogP contribution in [0.3, 0.4) is 0 Å². The largest absolute Gasteiger partial charge is 0.478 e. The van der Waals surface area contributed by atoms with Crippen molar-refractivity contribution in [1.29, 1.82) is 0 Å². The zero-order valence-corrected chi connectivity index (χ0v) is 10.1. The van der Waals surface area contributed by atoms with E-state index >= 15 is 0 Å². The molecule has 1 aliphatic heterocycles. The molecule has 0 aliphatic carbocycles. The molecule has 1 N–H and O–H groups in total. The molecule has 0 aromatic carbocycles. The van der Waals surface area contributed by atoms with Crippen LogP contribution in [0, 0.1) is 5.92 Å². The lowest BCUT2D eigenvalue weighted by atomic mass is 9.94. The van der Waals surface area contributed by atoms with Crippen molar-refractivity contribution in [1.82, 2.24) is 4.98 Å². The highest BCUT2D eigenvalue weighted by molar-refractivity contribution is 5.94. The molecule has 0 radical (unpaired) electrons. The first kappa shape index (κ1) is 11.9. The first-order valence-corrected chi connectivity index (χ1v) is 6.14. The summed E-state index contributed by atoms with van der Waals surface area (Å²) in [5.74, 6) is -0.0868. The average Bonchev–Trinajstić information content (AvgIpc) is 2.39. The Labute approximate surface area is 101 Å². The normalized spacial score (nSPS) is 17.1. The van der Waals surface area contributed by atoms with Gasteiger partial charge in [0, 0.05) is 19.3 Å². The van der Waals surface area contributed by atoms with Gasteiger partial charge in [-0.2, -0.15) is 0 Å². The van der Waals surface area contributed by atoms with Gasteiger partial charge in [-0.1, -0.05) is 13.3 Å². The van der Waals surface area contributed by atoms with Crippen molar-refractivity contribution in [3.05, 3.63) is 24.0 Å². The van der Waals surface area contributed by atoms with Crippen LogP contribution in [0.1, 0.15) is 36.5 Å². The third-order valence-electron chi connectivity index (χ3n) is 3.56. The molecule has 0 saturated carbocycles. The fourth-order valence-electron chi connectivity index (χ4n) is 2.40. The third kappa shape index (κ3) is 2.57. The predicted molar refractivity (Wildman–Crippen MR) is 66.4 cm³/mol. The number of piperidine rings is 1. The van der Waals surface area contributed by atoms with Crippen molar-refractivity contribution < 1.29 is 9.90 Å². The second-order valence-electron chi connectivity index (χ2n) is 4.54. The monoisotopic (exact) mass is 234 g/mol. The summed E-state index contributed by atoms with van der Waals surface area (Å²) in [6, 6.07) is 1.57. The van der Waals surface area contributed by atoms with E-state index in [1.54, 1.807) is 12.3 Å². The second-order valence-corrected chi connectivity index (χ2v) is 4.54. The molecule has 1 fully saturated rings. The molecule has 0 atom stereocenters. The van der Waals surface area contributed by atoms with Gasteiger partial charge >= 0.3 is 5.97 Å². The van der Waals surface area contributed by atoms with E-state index in [1.807, 2.05) is 0 Å². The molecular formula is C13H18N2O2. The summed E-state index contributed by atoms with van der Waals surface area (Å²) in [7, 11) is 0. The van der Waals surface area contributed by atoms with Gasteiger partial charge in [0.1, 0.15) is 0 Å². The fraction of sp³-hybridized carbons (Fsp3) is 0.538. The number of carboxylic acids is 1. The van der Waals surface area contributed by atoms with Crippen LogP contribution in [0.15, 0.2) is 18.5 Å². The number of anilines is 1. The summed E-state index contributed by atoms with van der Waals surface area (Å²) in [6.45, 7) is 4.09. The van der Waals surface area contributed by atoms with Gasteiger partial charge in [0.15, 0.2) is 0 Å². The highest BCUT2D eigenvalue weighted by Crippen LogP contribution is 2.26. The zero-order chi connectivity index (χ0) is 12.3. The number of carbonyl (C=O) groups is 1. The van der Waals surface area contributed by atoms with Crippen LogP contribution in [0.4, 0.5) is 5.69 Å². The van der Waals surface area contributed by atoms with Crippen molar-refractivity contribution in [2.45, 2.75) is 26.2 Å². The maximum Gasteiger partial charge on any atom is 0.337 e. The summed E-state index contributed by atoms with van der Waals surface area (Å²) < 4.78 is 0. The van der Waals surface area contributed by atoms with Crippen LogP contribution in [0.25, 0.3) is 0 Å². The van der Waals surface area contributed by atoms with Crippen LogP contribution in [-0.4, -0.2) is 29.1 Å². The Kier molecular flexibility index (Phi) is 3.61. The van der Waals surface area contributed by atoms with Gasteiger partial charge in [-0.25, -0.2) is 4.79 Å². The van der Waals surface area contributed by atoms with Gasteiger partial charge < -0.3 is 10.0 Å². The maximum absolute atomic E-state index is 11.1. The molecule has 4 nitrogen and oxygen atoms in total. The summed E-state index contributed by atoms with van der Waals surface area (Å²) >= 11 is 0. The van der Waals surface area contributed by atoms with E-state index < -0.39 is 5.97 Å². The molecular weight excluding hydrogens is 216 g/mol. The van der Waals surface area contributed by atoms with Gasteiger partial charge in [0.25, 0.3) is 0 Å². The Morgan fingerprint density at radius 2 is 2.24 bits per heavy atom. The second kappa shape index (κ2) is 5.17. The first-order valence-electron chi connectivity index (χ1n) is 6.14. The molecule has 0 unspecified atom stereocenters. The molecule has 17 heavy (non-hydrogen) atoms. The molecule has 2 heterocycles. The van der Waals surface area contributed by atoms with Gasteiger partial charge in [-0.15, -0.1) is 0 Å². The van der Waals surface area contributed by atoms with Crippen LogP contribution in [0.5, 0.6) is 0 Å². The van der Waals surface area contributed by atoms with Gasteiger partial charge in [0.2, 0.25) is 0 Å². The minimum atomic E-state index is -0.875. The van der Waals surface area contributed by atoms with Crippen molar-refractivity contribution in [2.24, 2.45) is 5.92 Å². The molecule has 1 aromatic heterocycles. The Morgan fingerprint density at radius 3 is 2.82 bits per heavy atom. The van der Waals surface area contributed by atoms with Crippen LogP contribution >= 0.6 is 0 Å². The van der Waals surface area contributed by atoms with Crippen molar-refractivity contribution in [3.8, 4) is 0 Å². The summed E-state index contributed by atoms with van der Waals surface area (Å²) in [5.41, 5.74) is 1.12. The summed E-state index contributed by atoms with van der Waals surface area (Å²) in [5, 5.41) is 9.14. The van der Waals surface area contributed by atoms with E-state index in [1.165, 1.54) is 12.6 Å². The topological polar surface area (TPSA) is 53.4 Å². The molecule has 1 aliphatic rings.